The maximum Gasteiger partial charge on any atom is 0.323 e. The number of carboxylic acid groups (broad SMARTS) is 1. The largest absolute Gasteiger partial charge is 0.480 e. The molecule has 0 saturated heterocycles. The van der Waals surface area contributed by atoms with Gasteiger partial charge in [-0.25, -0.2) is 0 Å². The lowest BCUT2D eigenvalue weighted by Crippen LogP contribution is -2.37. The number of carbonyl (C=O) groups excluding carboxylic acids is 1. The Morgan fingerprint density at radius 2 is 2.10 bits per heavy atom. The van der Waals surface area contributed by atoms with Gasteiger partial charge in [-0.05, 0) is 24.8 Å². The highest BCUT2D eigenvalue weighted by Gasteiger charge is 2.32. The lowest BCUT2D eigenvalue weighted by Gasteiger charge is -2.21. The average Bonchev–Trinajstić information content (AvgIpc) is 3.20. The normalized spacial score (nSPS) is 13.8. The minimum absolute atomic E-state index is 0.0552. The van der Waals surface area contributed by atoms with Crippen LogP contribution < -0.4 is 0 Å². The van der Waals surface area contributed by atoms with Crippen molar-refractivity contribution in [2.24, 2.45) is 5.92 Å². The monoisotopic (exact) mass is 312 g/mol. The molecule has 1 aromatic carbocycles. The maximum atomic E-state index is 12.5. The molecule has 0 atom stereocenters. The van der Waals surface area contributed by atoms with E-state index in [1.54, 1.807) is 0 Å². The second-order valence-electron chi connectivity index (χ2n) is 4.91. The average molecular weight is 313 g/mol. The Morgan fingerprint density at radius 1 is 1.43 bits per heavy atom. The summed E-state index contributed by atoms with van der Waals surface area (Å²) >= 11 is 5.90. The number of carbonyl (C=O) groups is 2. The summed E-state index contributed by atoms with van der Waals surface area (Å²) < 4.78 is 0. The molecule has 0 spiro atoms. The van der Waals surface area contributed by atoms with Gasteiger partial charge in [0.25, 0.3) is 11.6 Å². The molecule has 1 N–H and O–H groups in total. The SMILES string of the molecule is O=C(O)CN(CC1CC1)C(=O)c1c(Cl)cccc1[N+](=O)[O-]. The molecule has 1 amide bonds. The number of benzene rings is 1. The molecule has 1 aliphatic carbocycles. The molecular weight excluding hydrogens is 300 g/mol. The lowest BCUT2D eigenvalue weighted by atomic mass is 10.1. The Balaban J connectivity index is 2.35. The van der Waals surface area contributed by atoms with E-state index in [9.17, 15) is 19.7 Å². The lowest BCUT2D eigenvalue weighted by molar-refractivity contribution is -0.385. The third-order valence-electron chi connectivity index (χ3n) is 3.19. The van der Waals surface area contributed by atoms with E-state index >= 15 is 0 Å². The van der Waals surface area contributed by atoms with Crippen molar-refractivity contribution >= 4 is 29.2 Å². The van der Waals surface area contributed by atoms with Gasteiger partial charge in [0.05, 0.1) is 9.95 Å². The van der Waals surface area contributed by atoms with Crippen LogP contribution in [0.25, 0.3) is 0 Å². The van der Waals surface area contributed by atoms with Gasteiger partial charge in [0.2, 0.25) is 0 Å². The summed E-state index contributed by atoms with van der Waals surface area (Å²) in [5.74, 6) is -1.63. The predicted octanol–water partition coefficient (Wildman–Crippen LogP) is 2.18. The third-order valence-corrected chi connectivity index (χ3v) is 3.51. The highest BCUT2D eigenvalue weighted by atomic mass is 35.5. The van der Waals surface area contributed by atoms with Gasteiger partial charge in [-0.3, -0.25) is 19.7 Å². The van der Waals surface area contributed by atoms with Crippen molar-refractivity contribution in [1.82, 2.24) is 4.90 Å². The first-order valence-electron chi connectivity index (χ1n) is 6.34. The topological polar surface area (TPSA) is 101 Å². The highest BCUT2D eigenvalue weighted by Crippen LogP contribution is 2.32. The first-order valence-corrected chi connectivity index (χ1v) is 6.72. The summed E-state index contributed by atoms with van der Waals surface area (Å²) in [6.45, 7) is -0.231. The van der Waals surface area contributed by atoms with E-state index in [0.717, 1.165) is 17.7 Å². The van der Waals surface area contributed by atoms with Gasteiger partial charge < -0.3 is 10.0 Å². The number of nitro benzene ring substituents is 1. The number of halogens is 1. The molecule has 112 valence electrons. The van der Waals surface area contributed by atoms with Crippen LogP contribution in [-0.2, 0) is 4.79 Å². The van der Waals surface area contributed by atoms with Crippen LogP contribution in [0.3, 0.4) is 0 Å². The third kappa shape index (κ3) is 3.69. The Hall–Kier alpha value is -2.15. The first-order chi connectivity index (χ1) is 9.90. The minimum atomic E-state index is -1.17. The van der Waals surface area contributed by atoms with Gasteiger partial charge in [-0.2, -0.15) is 0 Å². The molecule has 0 heterocycles. The molecule has 0 aromatic heterocycles. The number of nitrogens with zero attached hydrogens (tertiary/aromatic N) is 2. The van der Waals surface area contributed by atoms with E-state index in [1.807, 2.05) is 0 Å². The fraction of sp³-hybridized carbons (Fsp3) is 0.385. The fourth-order valence-corrected chi connectivity index (χ4v) is 2.28. The summed E-state index contributed by atoms with van der Waals surface area (Å²) in [6.07, 6.45) is 1.85. The van der Waals surface area contributed by atoms with Crippen molar-refractivity contribution < 1.29 is 19.6 Å². The van der Waals surface area contributed by atoms with Crippen LogP contribution in [-0.4, -0.2) is 39.9 Å². The summed E-state index contributed by atoms with van der Waals surface area (Å²) in [7, 11) is 0. The van der Waals surface area contributed by atoms with Crippen molar-refractivity contribution in [3.63, 3.8) is 0 Å². The van der Waals surface area contributed by atoms with Crippen molar-refractivity contribution in [2.75, 3.05) is 13.1 Å². The second kappa shape index (κ2) is 6.09. The van der Waals surface area contributed by atoms with Crippen LogP contribution >= 0.6 is 11.6 Å². The van der Waals surface area contributed by atoms with Crippen molar-refractivity contribution in [3.05, 3.63) is 38.9 Å². The van der Waals surface area contributed by atoms with Gasteiger partial charge in [-0.1, -0.05) is 17.7 Å². The van der Waals surface area contributed by atoms with Gasteiger partial charge >= 0.3 is 5.97 Å². The molecular formula is C13H13ClN2O5. The van der Waals surface area contributed by atoms with Crippen LogP contribution in [0, 0.1) is 16.0 Å². The van der Waals surface area contributed by atoms with Crippen LogP contribution in [0.4, 0.5) is 5.69 Å². The fourth-order valence-electron chi connectivity index (χ4n) is 2.03. The van der Waals surface area contributed by atoms with Crippen molar-refractivity contribution in [2.45, 2.75) is 12.8 Å². The van der Waals surface area contributed by atoms with Gasteiger partial charge in [-0.15, -0.1) is 0 Å². The summed E-state index contributed by atoms with van der Waals surface area (Å²) in [5, 5.41) is 19.9. The maximum absolute atomic E-state index is 12.5. The number of nitro groups is 1. The van der Waals surface area contributed by atoms with Gasteiger partial charge in [0.1, 0.15) is 12.1 Å². The van der Waals surface area contributed by atoms with Crippen LogP contribution in [0.15, 0.2) is 18.2 Å². The number of hydrogen-bond donors (Lipinski definition) is 1. The van der Waals surface area contributed by atoms with Crippen LogP contribution in [0.5, 0.6) is 0 Å². The zero-order chi connectivity index (χ0) is 15.6. The molecule has 0 unspecified atom stereocenters. The zero-order valence-electron chi connectivity index (χ0n) is 11.0. The molecule has 0 bridgehead atoms. The molecule has 2 rings (SSSR count). The summed E-state index contributed by atoms with van der Waals surface area (Å²) in [6, 6.07) is 3.92. The first kappa shape index (κ1) is 15.2. The number of aliphatic carboxylic acids is 1. The molecule has 8 heteroatoms. The van der Waals surface area contributed by atoms with E-state index in [2.05, 4.69) is 0 Å². The van der Waals surface area contributed by atoms with E-state index in [1.165, 1.54) is 18.2 Å². The minimum Gasteiger partial charge on any atom is -0.480 e. The molecule has 1 aromatic rings. The number of amides is 1. The molecule has 21 heavy (non-hydrogen) atoms. The van der Waals surface area contributed by atoms with E-state index in [-0.39, 0.29) is 23.0 Å². The Labute approximate surface area is 125 Å². The second-order valence-corrected chi connectivity index (χ2v) is 5.32. The molecule has 1 saturated carbocycles. The Morgan fingerprint density at radius 3 is 2.62 bits per heavy atom. The summed E-state index contributed by atoms with van der Waals surface area (Å²) in [5.41, 5.74) is -0.676. The number of rotatable bonds is 6. The Bertz CT molecular complexity index is 600. The predicted molar refractivity (Wildman–Crippen MR) is 74.4 cm³/mol. The number of carboxylic acids is 1. The quantitative estimate of drug-likeness (QED) is 0.641. The Kier molecular flexibility index (Phi) is 4.42. The van der Waals surface area contributed by atoms with Crippen molar-refractivity contribution in [3.8, 4) is 0 Å². The highest BCUT2D eigenvalue weighted by molar-refractivity contribution is 6.34. The number of hydrogen-bond acceptors (Lipinski definition) is 4. The molecule has 1 fully saturated rings. The smallest absolute Gasteiger partial charge is 0.323 e. The molecule has 0 radical (unpaired) electrons. The van der Waals surface area contributed by atoms with E-state index < -0.39 is 29.0 Å². The van der Waals surface area contributed by atoms with Crippen molar-refractivity contribution in [1.29, 1.82) is 0 Å². The zero-order valence-corrected chi connectivity index (χ0v) is 11.7. The van der Waals surface area contributed by atoms with E-state index in [4.69, 9.17) is 16.7 Å². The standard InChI is InChI=1S/C13H13ClN2O5/c14-9-2-1-3-10(16(20)21)12(9)13(19)15(7-11(17)18)6-8-4-5-8/h1-3,8H,4-7H2,(H,17,18). The van der Waals surface area contributed by atoms with E-state index in [0.29, 0.717) is 0 Å². The molecule has 1 aliphatic rings. The molecule has 0 aliphatic heterocycles. The molecule has 7 nitrogen and oxygen atoms in total. The van der Waals surface area contributed by atoms with Gasteiger partial charge in [0.15, 0.2) is 0 Å². The van der Waals surface area contributed by atoms with Crippen LogP contribution in [0.1, 0.15) is 23.2 Å². The van der Waals surface area contributed by atoms with Gasteiger partial charge in [0, 0.05) is 12.6 Å². The summed E-state index contributed by atoms with van der Waals surface area (Å²) in [4.78, 5) is 34.8. The van der Waals surface area contributed by atoms with Crippen LogP contribution in [0.2, 0.25) is 5.02 Å².